The lowest BCUT2D eigenvalue weighted by molar-refractivity contribution is 0.518. The lowest BCUT2D eigenvalue weighted by atomic mass is 10.1. The minimum atomic E-state index is -3.38. The van der Waals surface area contributed by atoms with E-state index in [1.807, 2.05) is 6.92 Å². The first-order valence-corrected chi connectivity index (χ1v) is 9.07. The largest absolute Gasteiger partial charge is 0.317 e. The quantitative estimate of drug-likeness (QED) is 0.876. The van der Waals surface area contributed by atoms with Crippen LogP contribution in [0.1, 0.15) is 24.1 Å². The number of thiophene rings is 1. The molecule has 2 rings (SSSR count). The van der Waals surface area contributed by atoms with Crippen LogP contribution in [0.5, 0.6) is 0 Å². The molecule has 0 radical (unpaired) electrons. The van der Waals surface area contributed by atoms with Crippen molar-refractivity contribution in [3.63, 3.8) is 0 Å². The number of hydrogen-bond donors (Lipinski definition) is 2. The van der Waals surface area contributed by atoms with E-state index < -0.39 is 10.0 Å². The highest BCUT2D eigenvalue weighted by atomic mass is 79.9. The third kappa shape index (κ3) is 3.54. The molecule has 0 aromatic carbocycles. The Hall–Kier alpha value is 0.0500. The highest BCUT2D eigenvalue weighted by Gasteiger charge is 2.23. The smallest absolute Gasteiger partial charge is 0.241 e. The van der Waals surface area contributed by atoms with E-state index in [0.717, 1.165) is 41.0 Å². The Morgan fingerprint density at radius 3 is 2.89 bits per heavy atom. The molecule has 0 spiro atoms. The van der Waals surface area contributed by atoms with Gasteiger partial charge in [-0.1, -0.05) is 0 Å². The second kappa shape index (κ2) is 6.00. The molecular formula is C11H17BrN2O2S2. The molecule has 1 fully saturated rings. The molecule has 1 aliphatic heterocycles. The SMILES string of the molecule is Cc1sc(Br)cc1S(=O)(=O)NC1CCCNCC1. The van der Waals surface area contributed by atoms with Gasteiger partial charge in [0.15, 0.2) is 0 Å². The minimum Gasteiger partial charge on any atom is -0.317 e. The summed E-state index contributed by atoms with van der Waals surface area (Å²) in [5.41, 5.74) is 0. The highest BCUT2D eigenvalue weighted by Crippen LogP contribution is 2.29. The topological polar surface area (TPSA) is 58.2 Å². The van der Waals surface area contributed by atoms with Crippen LogP contribution >= 0.6 is 27.3 Å². The summed E-state index contributed by atoms with van der Waals surface area (Å²) >= 11 is 4.78. The van der Waals surface area contributed by atoms with Gasteiger partial charge in [-0.15, -0.1) is 11.3 Å². The lowest BCUT2D eigenvalue weighted by Gasteiger charge is -2.15. The average Bonchev–Trinajstić information content (AvgIpc) is 2.51. The van der Waals surface area contributed by atoms with Crippen LogP contribution in [0.25, 0.3) is 0 Å². The van der Waals surface area contributed by atoms with Gasteiger partial charge >= 0.3 is 0 Å². The summed E-state index contributed by atoms with van der Waals surface area (Å²) in [6.45, 7) is 3.68. The van der Waals surface area contributed by atoms with Gasteiger partial charge in [0.05, 0.1) is 8.68 Å². The summed E-state index contributed by atoms with van der Waals surface area (Å²) in [4.78, 5) is 1.22. The first-order chi connectivity index (χ1) is 8.49. The molecule has 4 nitrogen and oxygen atoms in total. The first kappa shape index (κ1) is 14.5. The zero-order valence-electron chi connectivity index (χ0n) is 10.2. The van der Waals surface area contributed by atoms with Crippen LogP contribution in [0.3, 0.4) is 0 Å². The third-order valence-corrected chi connectivity index (χ3v) is 6.36. The summed E-state index contributed by atoms with van der Waals surface area (Å²) in [6.07, 6.45) is 2.76. The number of halogens is 1. The Balaban J connectivity index is 2.13. The lowest BCUT2D eigenvalue weighted by Crippen LogP contribution is -2.35. The van der Waals surface area contributed by atoms with E-state index in [-0.39, 0.29) is 6.04 Å². The average molecular weight is 353 g/mol. The Morgan fingerprint density at radius 1 is 1.44 bits per heavy atom. The van der Waals surface area contributed by atoms with Crippen molar-refractivity contribution in [1.82, 2.24) is 10.0 Å². The van der Waals surface area contributed by atoms with Crippen molar-refractivity contribution < 1.29 is 8.42 Å². The fourth-order valence-corrected chi connectivity index (χ4v) is 5.84. The molecule has 1 unspecified atom stereocenters. The maximum atomic E-state index is 12.3. The predicted octanol–water partition coefficient (Wildman–Crippen LogP) is 2.24. The minimum absolute atomic E-state index is 0.0445. The number of rotatable bonds is 3. The summed E-state index contributed by atoms with van der Waals surface area (Å²) < 4.78 is 28.3. The second-order valence-corrected chi connectivity index (χ2v) is 8.79. The summed E-state index contributed by atoms with van der Waals surface area (Å²) in [6, 6.07) is 1.72. The van der Waals surface area contributed by atoms with E-state index in [0.29, 0.717) is 4.90 Å². The van der Waals surface area contributed by atoms with Crippen molar-refractivity contribution in [2.24, 2.45) is 0 Å². The number of hydrogen-bond acceptors (Lipinski definition) is 4. The van der Waals surface area contributed by atoms with Gasteiger partial charge in [0.25, 0.3) is 0 Å². The van der Waals surface area contributed by atoms with Crippen molar-refractivity contribution in [3.8, 4) is 0 Å². The van der Waals surface area contributed by atoms with Crippen LogP contribution in [0, 0.1) is 6.92 Å². The molecule has 0 aliphatic carbocycles. The summed E-state index contributed by atoms with van der Waals surface area (Å²) in [7, 11) is -3.38. The van der Waals surface area contributed by atoms with E-state index in [9.17, 15) is 8.42 Å². The molecule has 1 saturated heterocycles. The van der Waals surface area contributed by atoms with Gasteiger partial charge in [0.2, 0.25) is 10.0 Å². The van der Waals surface area contributed by atoms with E-state index >= 15 is 0 Å². The van der Waals surface area contributed by atoms with E-state index in [4.69, 9.17) is 0 Å². The summed E-state index contributed by atoms with van der Waals surface area (Å²) in [5, 5.41) is 3.28. The molecule has 0 amide bonds. The van der Waals surface area contributed by atoms with E-state index in [1.54, 1.807) is 6.07 Å². The Kier molecular flexibility index (Phi) is 4.82. The predicted molar refractivity (Wildman–Crippen MR) is 77.6 cm³/mol. The third-order valence-electron chi connectivity index (χ3n) is 3.03. The van der Waals surface area contributed by atoms with Gasteiger partial charge in [0, 0.05) is 10.9 Å². The molecule has 1 aromatic rings. The van der Waals surface area contributed by atoms with Crippen LogP contribution in [0.15, 0.2) is 14.7 Å². The molecule has 2 N–H and O–H groups in total. The standard InChI is InChI=1S/C11H17BrN2O2S2/c1-8-10(7-11(12)17-8)18(15,16)14-9-3-2-5-13-6-4-9/h7,9,13-14H,2-6H2,1H3. The van der Waals surface area contributed by atoms with Crippen LogP contribution in [-0.2, 0) is 10.0 Å². The number of sulfonamides is 1. The van der Waals surface area contributed by atoms with Crippen LogP contribution in [0.4, 0.5) is 0 Å². The molecule has 1 atom stereocenters. The maximum Gasteiger partial charge on any atom is 0.241 e. The van der Waals surface area contributed by atoms with Gasteiger partial charge in [-0.2, -0.15) is 0 Å². The molecule has 1 aromatic heterocycles. The molecule has 0 saturated carbocycles. The summed E-state index contributed by atoms with van der Waals surface area (Å²) in [5.74, 6) is 0. The zero-order valence-corrected chi connectivity index (χ0v) is 13.4. The van der Waals surface area contributed by atoms with E-state index in [2.05, 4.69) is 26.0 Å². The molecule has 0 bridgehead atoms. The normalized spacial score (nSPS) is 21.8. The monoisotopic (exact) mass is 352 g/mol. The van der Waals surface area contributed by atoms with E-state index in [1.165, 1.54) is 11.3 Å². The fraction of sp³-hybridized carbons (Fsp3) is 0.636. The zero-order chi connectivity index (χ0) is 13.2. The fourth-order valence-electron chi connectivity index (χ4n) is 2.12. The second-order valence-electron chi connectivity index (χ2n) is 4.47. The first-order valence-electron chi connectivity index (χ1n) is 5.98. The Labute approximate surface area is 120 Å². The number of aryl methyl sites for hydroxylation is 1. The van der Waals surface area contributed by atoms with Gasteiger partial charge in [0.1, 0.15) is 0 Å². The van der Waals surface area contributed by atoms with Crippen molar-refractivity contribution in [3.05, 3.63) is 14.7 Å². The van der Waals surface area contributed by atoms with Crippen molar-refractivity contribution in [1.29, 1.82) is 0 Å². The number of nitrogens with one attached hydrogen (secondary N) is 2. The van der Waals surface area contributed by atoms with Crippen LogP contribution in [-0.4, -0.2) is 27.5 Å². The maximum absolute atomic E-state index is 12.3. The molecule has 18 heavy (non-hydrogen) atoms. The van der Waals surface area contributed by atoms with Crippen molar-refractivity contribution >= 4 is 37.3 Å². The highest BCUT2D eigenvalue weighted by molar-refractivity contribution is 9.11. The van der Waals surface area contributed by atoms with Gasteiger partial charge in [-0.05, 0) is 61.3 Å². The molecule has 7 heteroatoms. The molecule has 2 heterocycles. The Morgan fingerprint density at radius 2 is 2.22 bits per heavy atom. The molecular weight excluding hydrogens is 336 g/mol. The van der Waals surface area contributed by atoms with Gasteiger partial charge < -0.3 is 5.32 Å². The van der Waals surface area contributed by atoms with Crippen LogP contribution < -0.4 is 10.0 Å². The Bertz CT molecular complexity index is 505. The van der Waals surface area contributed by atoms with Crippen molar-refractivity contribution in [2.75, 3.05) is 13.1 Å². The van der Waals surface area contributed by atoms with Crippen LogP contribution in [0.2, 0.25) is 0 Å². The van der Waals surface area contributed by atoms with Gasteiger partial charge in [-0.3, -0.25) is 0 Å². The van der Waals surface area contributed by atoms with Crippen molar-refractivity contribution in [2.45, 2.75) is 37.1 Å². The van der Waals surface area contributed by atoms with Gasteiger partial charge in [-0.25, -0.2) is 13.1 Å². The molecule has 1 aliphatic rings. The molecule has 102 valence electrons.